The molecule has 0 radical (unpaired) electrons. The quantitative estimate of drug-likeness (QED) is 0.301. The maximum atomic E-state index is 12.9. The molecule has 1 amide bonds. The second-order valence-corrected chi connectivity index (χ2v) is 7.72. The van der Waals surface area contributed by atoms with Crippen molar-refractivity contribution in [2.24, 2.45) is 0 Å². The molecule has 2 aromatic carbocycles. The average Bonchev–Trinajstić information content (AvgIpc) is 3.09. The second-order valence-electron chi connectivity index (χ2n) is 6.49. The Morgan fingerprint density at radius 1 is 1.06 bits per heavy atom. The predicted molar refractivity (Wildman–Crippen MR) is 118 cm³/mol. The number of amides is 1. The van der Waals surface area contributed by atoms with Gasteiger partial charge in [-0.05, 0) is 25.5 Å². The van der Waals surface area contributed by atoms with E-state index in [4.69, 9.17) is 4.74 Å². The predicted octanol–water partition coefficient (Wildman–Crippen LogP) is 4.97. The van der Waals surface area contributed by atoms with Gasteiger partial charge >= 0.3 is 5.97 Å². The fourth-order valence-corrected chi connectivity index (χ4v) is 4.19. The summed E-state index contributed by atoms with van der Waals surface area (Å²) in [6.45, 7) is 3.54. The Hall–Kier alpha value is -4.12. The third-order valence-electron chi connectivity index (χ3n) is 4.49. The first-order valence-electron chi connectivity index (χ1n) is 9.34. The lowest BCUT2D eigenvalue weighted by molar-refractivity contribution is -0.394. The Balaban J connectivity index is 2.08. The monoisotopic (exact) mass is 455 g/mol. The van der Waals surface area contributed by atoms with Crippen LogP contribution in [-0.4, -0.2) is 28.3 Å². The highest BCUT2D eigenvalue weighted by Gasteiger charge is 2.29. The molecule has 0 atom stereocenters. The van der Waals surface area contributed by atoms with Gasteiger partial charge in [0.15, 0.2) is 0 Å². The lowest BCUT2D eigenvalue weighted by atomic mass is 10.0. The van der Waals surface area contributed by atoms with Gasteiger partial charge in [-0.25, -0.2) is 4.79 Å². The first-order chi connectivity index (χ1) is 15.2. The van der Waals surface area contributed by atoms with E-state index in [2.05, 4.69) is 5.32 Å². The zero-order chi connectivity index (χ0) is 23.4. The van der Waals surface area contributed by atoms with Crippen molar-refractivity contribution in [2.75, 3.05) is 11.9 Å². The maximum Gasteiger partial charge on any atom is 0.341 e. The van der Waals surface area contributed by atoms with Gasteiger partial charge < -0.3 is 10.1 Å². The molecule has 1 heterocycles. The number of non-ortho nitro benzene ring substituents is 1. The van der Waals surface area contributed by atoms with E-state index in [9.17, 15) is 29.8 Å². The van der Waals surface area contributed by atoms with Crippen LogP contribution in [0.5, 0.6) is 0 Å². The molecule has 164 valence electrons. The first kappa shape index (κ1) is 22.6. The number of nitrogens with one attached hydrogen (secondary N) is 1. The Kier molecular flexibility index (Phi) is 6.59. The smallest absolute Gasteiger partial charge is 0.341 e. The fraction of sp³-hybridized carbons (Fsp3) is 0.143. The van der Waals surface area contributed by atoms with Crippen molar-refractivity contribution in [3.8, 4) is 11.1 Å². The summed E-state index contributed by atoms with van der Waals surface area (Å²) in [4.78, 5) is 47.0. The van der Waals surface area contributed by atoms with Gasteiger partial charge in [0.2, 0.25) is 0 Å². The van der Waals surface area contributed by atoms with Crippen molar-refractivity contribution < 1.29 is 24.2 Å². The Labute approximate surface area is 185 Å². The number of aryl methyl sites for hydroxylation is 1. The Morgan fingerprint density at radius 2 is 1.75 bits per heavy atom. The third kappa shape index (κ3) is 4.47. The number of hydrogen-bond acceptors (Lipinski definition) is 8. The topological polar surface area (TPSA) is 142 Å². The molecule has 0 bridgehead atoms. The number of nitrogens with zero attached hydrogens (tertiary/aromatic N) is 2. The number of carbonyl (C=O) groups excluding carboxylic acids is 2. The lowest BCUT2D eigenvalue weighted by Crippen LogP contribution is -2.16. The van der Waals surface area contributed by atoms with Crippen LogP contribution >= 0.6 is 11.3 Å². The van der Waals surface area contributed by atoms with Gasteiger partial charge in [0.1, 0.15) is 16.1 Å². The normalized spacial score (nSPS) is 10.4. The summed E-state index contributed by atoms with van der Waals surface area (Å²) in [6.07, 6.45) is 0. The summed E-state index contributed by atoms with van der Waals surface area (Å²) in [5, 5.41) is 25.0. The number of carbonyl (C=O) groups is 2. The number of esters is 1. The summed E-state index contributed by atoms with van der Waals surface area (Å²) in [7, 11) is 0. The molecule has 0 saturated carbocycles. The summed E-state index contributed by atoms with van der Waals surface area (Å²) in [5.74, 6) is -1.53. The van der Waals surface area contributed by atoms with E-state index in [1.807, 2.05) is 18.2 Å². The van der Waals surface area contributed by atoms with Crippen molar-refractivity contribution in [3.63, 3.8) is 0 Å². The van der Waals surface area contributed by atoms with E-state index in [1.165, 1.54) is 0 Å². The van der Waals surface area contributed by atoms with Crippen molar-refractivity contribution in [2.45, 2.75) is 13.8 Å². The summed E-state index contributed by atoms with van der Waals surface area (Å²) in [6, 6.07) is 11.8. The summed E-state index contributed by atoms with van der Waals surface area (Å²) >= 11 is 1.12. The van der Waals surface area contributed by atoms with Crippen LogP contribution in [0.1, 0.15) is 32.5 Å². The van der Waals surface area contributed by atoms with Gasteiger partial charge in [0.25, 0.3) is 17.3 Å². The van der Waals surface area contributed by atoms with Crippen LogP contribution in [0.25, 0.3) is 11.1 Å². The Morgan fingerprint density at radius 3 is 2.34 bits per heavy atom. The molecule has 0 aliphatic heterocycles. The molecule has 3 rings (SSSR count). The minimum Gasteiger partial charge on any atom is -0.462 e. The van der Waals surface area contributed by atoms with Gasteiger partial charge in [0.05, 0.1) is 22.5 Å². The number of nitro benzene ring substituents is 2. The van der Waals surface area contributed by atoms with Gasteiger partial charge in [0, 0.05) is 16.5 Å². The molecule has 0 spiro atoms. The molecule has 3 aromatic rings. The summed E-state index contributed by atoms with van der Waals surface area (Å²) in [5.41, 5.74) is -0.139. The van der Waals surface area contributed by atoms with E-state index in [0.29, 0.717) is 5.56 Å². The van der Waals surface area contributed by atoms with Crippen molar-refractivity contribution in [1.29, 1.82) is 0 Å². The minimum absolute atomic E-state index is 0.114. The van der Waals surface area contributed by atoms with Crippen LogP contribution < -0.4 is 5.32 Å². The third-order valence-corrected chi connectivity index (χ3v) is 5.51. The molecule has 11 heteroatoms. The van der Waals surface area contributed by atoms with Gasteiger partial charge in [-0.2, -0.15) is 0 Å². The zero-order valence-corrected chi connectivity index (χ0v) is 17.8. The van der Waals surface area contributed by atoms with Crippen LogP contribution in [0, 0.1) is 27.2 Å². The lowest BCUT2D eigenvalue weighted by Gasteiger charge is -2.09. The first-order valence-corrected chi connectivity index (χ1v) is 10.2. The average molecular weight is 455 g/mol. The Bertz CT molecular complexity index is 1220. The molecule has 0 unspecified atom stereocenters. The minimum atomic E-state index is -0.877. The van der Waals surface area contributed by atoms with E-state index in [1.54, 1.807) is 26.0 Å². The van der Waals surface area contributed by atoms with Gasteiger partial charge in [-0.1, -0.05) is 30.3 Å². The highest BCUT2D eigenvalue weighted by Crippen LogP contribution is 2.40. The van der Waals surface area contributed by atoms with Crippen molar-refractivity contribution >= 4 is 39.6 Å². The SMILES string of the molecule is CCOC(=O)c1c(NC(=O)c2ccc([N+](=O)[O-])cc2[N+](=O)[O-])sc(C)c1-c1ccccc1. The molecule has 1 aromatic heterocycles. The zero-order valence-electron chi connectivity index (χ0n) is 17.0. The number of anilines is 1. The number of hydrogen-bond donors (Lipinski definition) is 1. The van der Waals surface area contributed by atoms with Crippen LogP contribution in [-0.2, 0) is 4.74 Å². The molecule has 1 N–H and O–H groups in total. The summed E-state index contributed by atoms with van der Waals surface area (Å²) < 4.78 is 5.17. The molecule has 0 fully saturated rings. The highest BCUT2D eigenvalue weighted by molar-refractivity contribution is 7.17. The van der Waals surface area contributed by atoms with E-state index >= 15 is 0 Å². The van der Waals surface area contributed by atoms with E-state index < -0.39 is 33.1 Å². The molecule has 32 heavy (non-hydrogen) atoms. The molecular weight excluding hydrogens is 438 g/mol. The number of benzene rings is 2. The van der Waals surface area contributed by atoms with Crippen molar-refractivity contribution in [3.05, 3.63) is 84.8 Å². The largest absolute Gasteiger partial charge is 0.462 e. The maximum absolute atomic E-state index is 12.9. The van der Waals surface area contributed by atoms with Crippen LogP contribution in [0.2, 0.25) is 0 Å². The van der Waals surface area contributed by atoms with Gasteiger partial charge in [-0.15, -0.1) is 11.3 Å². The second kappa shape index (κ2) is 9.35. The number of rotatable bonds is 7. The van der Waals surface area contributed by atoms with Crippen LogP contribution in [0.3, 0.4) is 0 Å². The fourth-order valence-electron chi connectivity index (χ4n) is 3.13. The molecule has 0 aliphatic carbocycles. The molecular formula is C21H17N3O7S. The van der Waals surface area contributed by atoms with E-state index in [-0.39, 0.29) is 22.7 Å². The molecule has 0 aliphatic rings. The van der Waals surface area contributed by atoms with E-state index in [0.717, 1.165) is 40.0 Å². The van der Waals surface area contributed by atoms with Gasteiger partial charge in [-0.3, -0.25) is 25.0 Å². The highest BCUT2D eigenvalue weighted by atomic mass is 32.1. The number of nitro groups is 2. The standard InChI is InChI=1S/C21H17N3O7S/c1-3-31-21(26)18-17(13-7-5-4-6-8-13)12(2)32-20(18)22-19(25)15-10-9-14(23(27)28)11-16(15)24(29)30/h4-11H,3H2,1-2H3,(H,22,25). The van der Waals surface area contributed by atoms with Crippen LogP contribution in [0.4, 0.5) is 16.4 Å². The number of ether oxygens (including phenoxy) is 1. The number of thiophene rings is 1. The van der Waals surface area contributed by atoms with Crippen molar-refractivity contribution in [1.82, 2.24) is 0 Å². The van der Waals surface area contributed by atoms with Crippen LogP contribution in [0.15, 0.2) is 48.5 Å². The molecule has 0 saturated heterocycles. The molecule has 10 nitrogen and oxygen atoms in total.